The molecule has 45 heavy (non-hydrogen) atoms. The lowest BCUT2D eigenvalue weighted by atomic mass is 9.81. The summed E-state index contributed by atoms with van der Waals surface area (Å²) in [6.45, 7) is 22.9. The molecule has 2 saturated carbocycles. The molecule has 1 unspecified atom stereocenters. The van der Waals surface area contributed by atoms with Gasteiger partial charge in [0.05, 0.1) is 19.3 Å². The average molecular weight is 657 g/mol. The zero-order valence-corrected chi connectivity index (χ0v) is 32.0. The van der Waals surface area contributed by atoms with Crippen molar-refractivity contribution in [3.05, 3.63) is 35.4 Å². The van der Waals surface area contributed by atoms with Gasteiger partial charge in [-0.3, -0.25) is 4.79 Å². The van der Waals surface area contributed by atoms with E-state index < -0.39 is 22.6 Å². The molecular formula is C37H60O6Si2. The van der Waals surface area contributed by atoms with Crippen molar-refractivity contribution < 1.29 is 27.9 Å². The summed E-state index contributed by atoms with van der Waals surface area (Å²) in [5.74, 6) is 6.14. The Morgan fingerprint density at radius 2 is 1.51 bits per heavy atom. The number of ether oxygens (including phenoxy) is 2. The van der Waals surface area contributed by atoms with E-state index in [2.05, 4.69) is 109 Å². The van der Waals surface area contributed by atoms with Gasteiger partial charge in [-0.15, -0.1) is 5.92 Å². The minimum atomic E-state index is -2.13. The van der Waals surface area contributed by atoms with Gasteiger partial charge < -0.3 is 18.3 Å². The maximum Gasteiger partial charge on any atom is 0.331 e. The fourth-order valence-corrected chi connectivity index (χ4v) is 8.70. The number of benzene rings is 1. The standard InChI is InChI=1S/C37H60O6Si2/c1-36(2,3)44(8,9)42-32-25-31(38)30(19-15-16-24-41-26-33(39)40-7)34(32)27-20-22-29(23-21-27)35(28-17-13-12-14-18-28)43-45(10,11)37(4,5)6/h20-23,28,30,32,34-35H,12-14,17-19,24-26H2,1-11H3/t30-,32+,34+,35?/m0/s1. The van der Waals surface area contributed by atoms with E-state index in [4.69, 9.17) is 13.6 Å². The van der Waals surface area contributed by atoms with Gasteiger partial charge in [-0.1, -0.05) is 91.0 Å². The van der Waals surface area contributed by atoms with Gasteiger partial charge in [0.2, 0.25) is 0 Å². The average Bonchev–Trinajstić information content (AvgIpc) is 3.26. The Morgan fingerprint density at radius 3 is 2.07 bits per heavy atom. The molecule has 0 amide bonds. The second-order valence-electron chi connectivity index (χ2n) is 16.2. The van der Waals surface area contributed by atoms with E-state index in [1.54, 1.807) is 0 Å². The Morgan fingerprint density at radius 1 is 0.911 bits per heavy atom. The molecule has 6 nitrogen and oxygen atoms in total. The second kappa shape index (κ2) is 15.4. The largest absolute Gasteiger partial charge is 0.467 e. The first kappa shape index (κ1) is 37.7. The minimum absolute atomic E-state index is 0.0353. The van der Waals surface area contributed by atoms with Crippen LogP contribution in [0.3, 0.4) is 0 Å². The summed E-state index contributed by atoms with van der Waals surface area (Å²) in [6.07, 6.45) is 7.04. The first-order valence-corrected chi connectivity index (χ1v) is 22.8. The molecule has 0 saturated heterocycles. The Labute approximate surface area is 276 Å². The van der Waals surface area contributed by atoms with Crippen LogP contribution in [0.4, 0.5) is 0 Å². The number of methoxy groups -OCH3 is 1. The van der Waals surface area contributed by atoms with Crippen molar-refractivity contribution in [3.8, 4) is 11.8 Å². The van der Waals surface area contributed by atoms with Crippen molar-refractivity contribution in [2.45, 2.75) is 141 Å². The molecule has 0 aromatic heterocycles. The predicted molar refractivity (Wildman–Crippen MR) is 187 cm³/mol. The lowest BCUT2D eigenvalue weighted by molar-refractivity contribution is -0.145. The third-order valence-corrected chi connectivity index (χ3v) is 19.9. The van der Waals surface area contributed by atoms with Crippen LogP contribution in [0.15, 0.2) is 24.3 Å². The molecule has 2 aliphatic rings. The molecule has 0 heterocycles. The summed E-state index contributed by atoms with van der Waals surface area (Å²) in [6, 6.07) is 8.98. The first-order chi connectivity index (χ1) is 20.9. The minimum Gasteiger partial charge on any atom is -0.467 e. The highest BCUT2D eigenvalue weighted by Gasteiger charge is 2.48. The predicted octanol–water partition coefficient (Wildman–Crippen LogP) is 8.98. The van der Waals surface area contributed by atoms with Crippen LogP contribution in [0.1, 0.15) is 110 Å². The van der Waals surface area contributed by atoms with Crippen LogP contribution in [0.5, 0.6) is 0 Å². The normalized spacial score (nSPS) is 22.6. The smallest absolute Gasteiger partial charge is 0.331 e. The van der Waals surface area contributed by atoms with Crippen molar-refractivity contribution in [1.29, 1.82) is 0 Å². The second-order valence-corrected chi connectivity index (χ2v) is 25.7. The Kier molecular flexibility index (Phi) is 12.9. The number of hydrogen-bond acceptors (Lipinski definition) is 6. The zero-order chi connectivity index (χ0) is 33.6. The van der Waals surface area contributed by atoms with Gasteiger partial charge in [0, 0.05) is 24.7 Å². The third-order valence-electron chi connectivity index (χ3n) is 10.9. The first-order valence-electron chi connectivity index (χ1n) is 17.0. The van der Waals surface area contributed by atoms with E-state index in [1.165, 1.54) is 44.8 Å². The topological polar surface area (TPSA) is 71.1 Å². The van der Waals surface area contributed by atoms with E-state index in [9.17, 15) is 9.59 Å². The van der Waals surface area contributed by atoms with Crippen molar-refractivity contribution in [3.63, 3.8) is 0 Å². The van der Waals surface area contributed by atoms with Crippen LogP contribution in [0.25, 0.3) is 0 Å². The Balaban J connectivity index is 1.92. The van der Waals surface area contributed by atoms with Crippen LogP contribution in [0.2, 0.25) is 36.3 Å². The highest BCUT2D eigenvalue weighted by Crippen LogP contribution is 2.48. The monoisotopic (exact) mass is 656 g/mol. The van der Waals surface area contributed by atoms with E-state index in [-0.39, 0.29) is 53.1 Å². The molecule has 0 N–H and O–H groups in total. The quantitative estimate of drug-likeness (QED) is 0.102. The van der Waals surface area contributed by atoms with E-state index in [0.29, 0.717) is 18.8 Å². The van der Waals surface area contributed by atoms with Crippen LogP contribution in [0, 0.1) is 23.7 Å². The van der Waals surface area contributed by atoms with Crippen molar-refractivity contribution in [2.24, 2.45) is 11.8 Å². The molecule has 1 aromatic carbocycles. The number of ketones is 1. The number of carbonyl (C=O) groups excluding carboxylic acids is 2. The van der Waals surface area contributed by atoms with Crippen LogP contribution >= 0.6 is 0 Å². The highest BCUT2D eigenvalue weighted by atomic mass is 28.4. The van der Waals surface area contributed by atoms with Crippen molar-refractivity contribution in [1.82, 2.24) is 0 Å². The highest BCUT2D eigenvalue weighted by molar-refractivity contribution is 6.74. The third kappa shape index (κ3) is 9.87. The number of carbonyl (C=O) groups is 2. The van der Waals surface area contributed by atoms with Gasteiger partial charge in [-0.2, -0.15) is 0 Å². The van der Waals surface area contributed by atoms with Gasteiger partial charge in [0.15, 0.2) is 16.6 Å². The molecule has 1 aromatic rings. The summed E-state index contributed by atoms with van der Waals surface area (Å²) < 4.78 is 24.0. The van der Waals surface area contributed by atoms with Crippen LogP contribution < -0.4 is 0 Å². The van der Waals surface area contributed by atoms with E-state index in [1.807, 2.05) is 0 Å². The summed E-state index contributed by atoms with van der Waals surface area (Å²) in [5, 5.41) is 0.171. The lowest BCUT2D eigenvalue weighted by Crippen LogP contribution is -2.44. The van der Waals surface area contributed by atoms with Gasteiger partial charge in [0.25, 0.3) is 0 Å². The summed E-state index contributed by atoms with van der Waals surface area (Å²) in [5.41, 5.74) is 2.39. The summed E-state index contributed by atoms with van der Waals surface area (Å²) >= 11 is 0. The van der Waals surface area contributed by atoms with E-state index in [0.717, 1.165) is 5.56 Å². The van der Waals surface area contributed by atoms with Gasteiger partial charge >= 0.3 is 5.97 Å². The Bertz CT molecular complexity index is 1190. The van der Waals surface area contributed by atoms with Gasteiger partial charge in [0.1, 0.15) is 19.0 Å². The Hall–Kier alpha value is -1.77. The number of hydrogen-bond donors (Lipinski definition) is 0. The number of Topliss-reactive ketones (excluding diaryl/α,β-unsaturated/α-hetero) is 1. The lowest BCUT2D eigenvalue weighted by Gasteiger charge is -2.42. The molecule has 2 aliphatic carbocycles. The molecular weight excluding hydrogens is 597 g/mol. The molecule has 0 aliphatic heterocycles. The fourth-order valence-electron chi connectivity index (χ4n) is 6.05. The van der Waals surface area contributed by atoms with Crippen molar-refractivity contribution >= 4 is 28.4 Å². The van der Waals surface area contributed by atoms with Crippen molar-refractivity contribution in [2.75, 3.05) is 20.3 Å². The maximum absolute atomic E-state index is 13.5. The van der Waals surface area contributed by atoms with Crippen LogP contribution in [-0.4, -0.2) is 54.8 Å². The molecule has 8 heteroatoms. The summed E-state index contributed by atoms with van der Waals surface area (Å²) in [4.78, 5) is 24.9. The number of esters is 1. The molecule has 0 radical (unpaired) electrons. The molecule has 3 rings (SSSR count). The molecule has 4 atom stereocenters. The van der Waals surface area contributed by atoms with Gasteiger partial charge in [-0.05, 0) is 66.2 Å². The molecule has 0 spiro atoms. The molecule has 0 bridgehead atoms. The van der Waals surface area contributed by atoms with Crippen LogP contribution in [-0.2, 0) is 27.9 Å². The zero-order valence-electron chi connectivity index (χ0n) is 30.0. The molecule has 252 valence electrons. The number of rotatable bonds is 11. The SMILES string of the molecule is COC(=O)COCC#CC[C@H]1C(=O)C[C@@H](O[Si](C)(C)C(C)(C)C)[C@@H]1c1ccc(C(O[Si](C)(C)C(C)(C)C)C2CCCCC2)cc1. The maximum atomic E-state index is 13.5. The summed E-state index contributed by atoms with van der Waals surface area (Å²) in [7, 11) is -2.80. The van der Waals surface area contributed by atoms with Gasteiger partial charge in [-0.25, -0.2) is 4.79 Å². The fraction of sp³-hybridized carbons (Fsp3) is 0.730. The molecule has 2 fully saturated rings. The van der Waals surface area contributed by atoms with E-state index >= 15 is 0 Å².